The number of rotatable bonds is 2. The van der Waals surface area contributed by atoms with Gasteiger partial charge in [-0.2, -0.15) is 26.3 Å². The second-order valence-corrected chi connectivity index (χ2v) is 3.53. The van der Waals surface area contributed by atoms with E-state index in [0.717, 1.165) is 12.1 Å². The zero-order chi connectivity index (χ0) is 14.8. The van der Waals surface area contributed by atoms with Crippen LogP contribution in [0.3, 0.4) is 0 Å². The summed E-state index contributed by atoms with van der Waals surface area (Å²) in [6, 6.07) is 2.42. The number of carbonyl (C=O) groups is 1. The lowest BCUT2D eigenvalue weighted by atomic mass is 10.1. The first-order valence-corrected chi connectivity index (χ1v) is 4.84. The van der Waals surface area contributed by atoms with Crippen LogP contribution >= 0.6 is 0 Å². The Hall–Kier alpha value is -1.77. The largest absolute Gasteiger partial charge is 0.471 e. The van der Waals surface area contributed by atoms with E-state index in [2.05, 4.69) is 0 Å². The van der Waals surface area contributed by atoms with Gasteiger partial charge in [0.15, 0.2) is 0 Å². The Morgan fingerprint density at radius 1 is 1.16 bits per heavy atom. The van der Waals surface area contributed by atoms with Crippen LogP contribution in [0.2, 0.25) is 0 Å². The van der Waals surface area contributed by atoms with Crippen LogP contribution in [0.4, 0.5) is 32.0 Å². The minimum absolute atomic E-state index is 0.0809. The van der Waals surface area contributed by atoms with Crippen molar-refractivity contribution in [2.75, 3.05) is 5.32 Å². The van der Waals surface area contributed by atoms with Gasteiger partial charge in [0, 0.05) is 6.54 Å². The third-order valence-electron chi connectivity index (χ3n) is 2.13. The van der Waals surface area contributed by atoms with Gasteiger partial charge in [0.05, 0.1) is 11.3 Å². The van der Waals surface area contributed by atoms with Crippen molar-refractivity contribution in [3.8, 4) is 0 Å². The van der Waals surface area contributed by atoms with Gasteiger partial charge in [0.2, 0.25) is 0 Å². The minimum Gasteiger partial charge on any atom is -0.326 e. The first-order valence-electron chi connectivity index (χ1n) is 4.84. The fourth-order valence-corrected chi connectivity index (χ4v) is 1.26. The van der Waals surface area contributed by atoms with Crippen molar-refractivity contribution in [2.45, 2.75) is 18.9 Å². The number of nitrogens with two attached hydrogens (primary N) is 1. The van der Waals surface area contributed by atoms with Crippen LogP contribution in [0.1, 0.15) is 11.1 Å². The van der Waals surface area contributed by atoms with E-state index in [9.17, 15) is 31.1 Å². The zero-order valence-electron chi connectivity index (χ0n) is 9.19. The monoisotopic (exact) mass is 286 g/mol. The molecule has 0 aromatic heterocycles. The van der Waals surface area contributed by atoms with E-state index in [-0.39, 0.29) is 12.1 Å². The molecular weight excluding hydrogens is 278 g/mol. The lowest BCUT2D eigenvalue weighted by Gasteiger charge is -2.15. The molecular formula is C10H8F6N2O. The number of carbonyl (C=O) groups excluding carboxylic acids is 1. The maximum atomic E-state index is 12.6. The lowest BCUT2D eigenvalue weighted by molar-refractivity contribution is -0.167. The Kier molecular flexibility index (Phi) is 4.09. The number of anilines is 1. The summed E-state index contributed by atoms with van der Waals surface area (Å²) < 4.78 is 73.9. The van der Waals surface area contributed by atoms with Gasteiger partial charge in [-0.1, -0.05) is 6.07 Å². The number of hydrogen-bond acceptors (Lipinski definition) is 2. The Bertz CT molecular complexity index is 480. The van der Waals surface area contributed by atoms with E-state index < -0.39 is 29.5 Å². The van der Waals surface area contributed by atoms with Crippen LogP contribution in [0, 0.1) is 0 Å². The van der Waals surface area contributed by atoms with Crippen molar-refractivity contribution in [3.05, 3.63) is 29.3 Å². The second kappa shape index (κ2) is 5.08. The van der Waals surface area contributed by atoms with Crippen molar-refractivity contribution < 1.29 is 31.1 Å². The molecule has 3 nitrogen and oxygen atoms in total. The second-order valence-electron chi connectivity index (χ2n) is 3.53. The lowest BCUT2D eigenvalue weighted by Crippen LogP contribution is -2.31. The average Bonchev–Trinajstić information content (AvgIpc) is 2.26. The predicted octanol–water partition coefficient (Wildman–Crippen LogP) is 2.66. The van der Waals surface area contributed by atoms with Gasteiger partial charge in [-0.3, -0.25) is 4.79 Å². The number of amides is 1. The van der Waals surface area contributed by atoms with Gasteiger partial charge in [0.25, 0.3) is 0 Å². The number of nitrogens with one attached hydrogen (secondary N) is 1. The van der Waals surface area contributed by atoms with Gasteiger partial charge in [-0.25, -0.2) is 0 Å². The molecule has 0 heterocycles. The molecule has 106 valence electrons. The molecule has 0 fully saturated rings. The first kappa shape index (κ1) is 15.3. The van der Waals surface area contributed by atoms with Crippen LogP contribution in [-0.2, 0) is 17.5 Å². The average molecular weight is 286 g/mol. The maximum absolute atomic E-state index is 12.6. The summed E-state index contributed by atoms with van der Waals surface area (Å²) in [6.07, 6.45) is -10.2. The van der Waals surface area contributed by atoms with Crippen molar-refractivity contribution in [1.82, 2.24) is 0 Å². The molecule has 0 atom stereocenters. The molecule has 0 aliphatic rings. The Morgan fingerprint density at radius 2 is 1.74 bits per heavy atom. The molecule has 0 unspecified atom stereocenters. The molecule has 9 heteroatoms. The van der Waals surface area contributed by atoms with Crippen molar-refractivity contribution in [1.29, 1.82) is 0 Å². The van der Waals surface area contributed by atoms with E-state index in [1.165, 1.54) is 5.32 Å². The molecule has 0 spiro atoms. The molecule has 1 amide bonds. The molecule has 3 N–H and O–H groups in total. The highest BCUT2D eigenvalue weighted by molar-refractivity contribution is 5.95. The quantitative estimate of drug-likeness (QED) is 0.821. The normalized spacial score (nSPS) is 12.4. The fourth-order valence-electron chi connectivity index (χ4n) is 1.26. The summed E-state index contributed by atoms with van der Waals surface area (Å²) in [4.78, 5) is 10.6. The topological polar surface area (TPSA) is 55.1 Å². The van der Waals surface area contributed by atoms with Crippen molar-refractivity contribution in [2.24, 2.45) is 5.73 Å². The third-order valence-corrected chi connectivity index (χ3v) is 2.13. The number of hydrogen-bond donors (Lipinski definition) is 2. The van der Waals surface area contributed by atoms with Gasteiger partial charge in [0.1, 0.15) is 0 Å². The SMILES string of the molecule is NCc1ccc(NC(=O)C(F)(F)F)c(C(F)(F)F)c1. The summed E-state index contributed by atoms with van der Waals surface area (Å²) in [7, 11) is 0. The molecule has 0 saturated carbocycles. The summed E-state index contributed by atoms with van der Waals surface area (Å²) in [5, 5.41) is 1.18. The number of benzene rings is 1. The van der Waals surface area contributed by atoms with Gasteiger partial charge in [-0.15, -0.1) is 0 Å². The summed E-state index contributed by atoms with van der Waals surface area (Å²) in [6.45, 7) is -0.212. The predicted molar refractivity (Wildman–Crippen MR) is 54.0 cm³/mol. The zero-order valence-corrected chi connectivity index (χ0v) is 9.19. The molecule has 1 aromatic carbocycles. The molecule has 1 rings (SSSR count). The number of alkyl halides is 6. The van der Waals surface area contributed by atoms with Crippen LogP contribution < -0.4 is 11.1 Å². The smallest absolute Gasteiger partial charge is 0.326 e. The van der Waals surface area contributed by atoms with Crippen LogP contribution in [0.5, 0.6) is 0 Å². The molecule has 0 aliphatic heterocycles. The van der Waals surface area contributed by atoms with E-state index in [4.69, 9.17) is 5.73 Å². The highest BCUT2D eigenvalue weighted by atomic mass is 19.4. The van der Waals surface area contributed by atoms with Gasteiger partial charge in [-0.05, 0) is 17.7 Å². The standard InChI is InChI=1S/C10H8F6N2O/c11-9(12,13)6-3-5(4-17)1-2-7(6)18-8(19)10(14,15)16/h1-3H,4,17H2,(H,18,19). The highest BCUT2D eigenvalue weighted by Crippen LogP contribution is 2.36. The summed E-state index contributed by atoms with van der Waals surface area (Å²) in [5.41, 5.74) is 2.88. The highest BCUT2D eigenvalue weighted by Gasteiger charge is 2.41. The molecule has 1 aromatic rings. The summed E-state index contributed by atoms with van der Waals surface area (Å²) >= 11 is 0. The van der Waals surface area contributed by atoms with Crippen LogP contribution in [0.15, 0.2) is 18.2 Å². The maximum Gasteiger partial charge on any atom is 0.471 e. The van der Waals surface area contributed by atoms with E-state index in [1.54, 1.807) is 0 Å². The van der Waals surface area contributed by atoms with E-state index >= 15 is 0 Å². The first-order chi connectivity index (χ1) is 8.55. The number of halogens is 6. The molecule has 0 radical (unpaired) electrons. The van der Waals surface area contributed by atoms with Gasteiger partial charge < -0.3 is 11.1 Å². The Balaban J connectivity index is 3.18. The fraction of sp³-hybridized carbons (Fsp3) is 0.300. The molecule has 19 heavy (non-hydrogen) atoms. The third kappa shape index (κ3) is 3.85. The van der Waals surface area contributed by atoms with Crippen LogP contribution in [-0.4, -0.2) is 12.1 Å². The van der Waals surface area contributed by atoms with Crippen molar-refractivity contribution >= 4 is 11.6 Å². The summed E-state index contributed by atoms with van der Waals surface area (Å²) in [5.74, 6) is -2.47. The molecule has 0 aliphatic carbocycles. The van der Waals surface area contributed by atoms with Gasteiger partial charge >= 0.3 is 18.3 Å². The minimum atomic E-state index is -5.27. The molecule has 0 bridgehead atoms. The van der Waals surface area contributed by atoms with E-state index in [1.807, 2.05) is 0 Å². The van der Waals surface area contributed by atoms with Crippen molar-refractivity contribution in [3.63, 3.8) is 0 Å². The molecule has 0 saturated heterocycles. The Labute approximate surface area is 103 Å². The Morgan fingerprint density at radius 3 is 2.16 bits per heavy atom. The van der Waals surface area contributed by atoms with Crippen LogP contribution in [0.25, 0.3) is 0 Å². The van der Waals surface area contributed by atoms with E-state index in [0.29, 0.717) is 6.07 Å².